The largest absolute Gasteiger partial charge is 0.478 e. The number of carbonyl (C=O) groups is 1. The van der Waals surface area contributed by atoms with Crippen LogP contribution in [0.1, 0.15) is 17.3 Å². The lowest BCUT2D eigenvalue weighted by molar-refractivity contribution is 0.0697. The zero-order valence-corrected chi connectivity index (χ0v) is 9.43. The predicted octanol–water partition coefficient (Wildman–Crippen LogP) is 1.47. The highest BCUT2D eigenvalue weighted by Crippen LogP contribution is 2.13. The fraction of sp³-hybridized carbons (Fsp3) is 0.455. The number of nitrogens with zero attached hydrogens (tertiary/aromatic N) is 1. The van der Waals surface area contributed by atoms with Gasteiger partial charge in [-0.2, -0.15) is 0 Å². The first-order valence-electron chi connectivity index (χ1n) is 5.05. The van der Waals surface area contributed by atoms with E-state index in [9.17, 15) is 4.79 Å². The van der Waals surface area contributed by atoms with Crippen LogP contribution >= 0.6 is 0 Å². The lowest BCUT2D eigenvalue weighted by Gasteiger charge is -2.13. The van der Waals surface area contributed by atoms with E-state index in [1.54, 1.807) is 19.4 Å². The van der Waals surface area contributed by atoms with Crippen molar-refractivity contribution in [3.8, 4) is 0 Å². The molecule has 0 saturated heterocycles. The van der Waals surface area contributed by atoms with Gasteiger partial charge >= 0.3 is 5.97 Å². The second kappa shape index (κ2) is 6.07. The molecule has 0 amide bonds. The summed E-state index contributed by atoms with van der Waals surface area (Å²) in [5, 5.41) is 12.0. The lowest BCUT2D eigenvalue weighted by Crippen LogP contribution is -2.17. The Morgan fingerprint density at radius 3 is 3.06 bits per heavy atom. The predicted molar refractivity (Wildman–Crippen MR) is 60.7 cm³/mol. The van der Waals surface area contributed by atoms with E-state index in [-0.39, 0.29) is 5.56 Å². The van der Waals surface area contributed by atoms with Crippen molar-refractivity contribution in [1.29, 1.82) is 0 Å². The van der Waals surface area contributed by atoms with Crippen molar-refractivity contribution in [2.45, 2.75) is 6.92 Å². The van der Waals surface area contributed by atoms with Gasteiger partial charge in [0, 0.05) is 26.0 Å². The summed E-state index contributed by atoms with van der Waals surface area (Å²) in [5.74, 6) is -0.658. The molecule has 0 aliphatic rings. The zero-order valence-electron chi connectivity index (χ0n) is 9.43. The standard InChI is InChI=1S/C11H16N2O3/c1-8(7-16-2)5-13-10-3-4-12-6-9(10)11(14)15/h3-4,6,8H,5,7H2,1-2H3,(H,12,13)(H,14,15). The number of hydrogen-bond acceptors (Lipinski definition) is 4. The maximum Gasteiger partial charge on any atom is 0.339 e. The van der Waals surface area contributed by atoms with Crippen molar-refractivity contribution in [3.63, 3.8) is 0 Å². The Balaban J connectivity index is 2.63. The summed E-state index contributed by atoms with van der Waals surface area (Å²) in [6.45, 7) is 3.33. The van der Waals surface area contributed by atoms with Crippen LogP contribution in [0.5, 0.6) is 0 Å². The van der Waals surface area contributed by atoms with Crippen LogP contribution in [0.2, 0.25) is 0 Å². The highest BCUT2D eigenvalue weighted by Gasteiger charge is 2.10. The molecule has 1 atom stereocenters. The summed E-state index contributed by atoms with van der Waals surface area (Å²) >= 11 is 0. The summed E-state index contributed by atoms with van der Waals surface area (Å²) in [7, 11) is 1.64. The summed E-state index contributed by atoms with van der Waals surface area (Å²) in [5.41, 5.74) is 0.776. The average Bonchev–Trinajstić information content (AvgIpc) is 2.27. The van der Waals surface area contributed by atoms with Gasteiger partial charge in [0.1, 0.15) is 5.56 Å². The minimum Gasteiger partial charge on any atom is -0.478 e. The second-order valence-corrected chi connectivity index (χ2v) is 3.67. The fourth-order valence-corrected chi connectivity index (χ4v) is 1.35. The lowest BCUT2D eigenvalue weighted by atomic mass is 10.2. The molecule has 1 aromatic heterocycles. The fourth-order valence-electron chi connectivity index (χ4n) is 1.35. The number of nitrogens with one attached hydrogen (secondary N) is 1. The number of ether oxygens (including phenoxy) is 1. The molecule has 0 bridgehead atoms. The van der Waals surface area contributed by atoms with Crippen LogP contribution in [-0.4, -0.2) is 36.3 Å². The van der Waals surface area contributed by atoms with Crippen LogP contribution in [0.3, 0.4) is 0 Å². The molecule has 0 spiro atoms. The monoisotopic (exact) mass is 224 g/mol. The molecule has 0 aliphatic carbocycles. The molecule has 0 fully saturated rings. The molecular weight excluding hydrogens is 208 g/mol. The molecule has 1 aromatic rings. The number of methoxy groups -OCH3 is 1. The van der Waals surface area contributed by atoms with Gasteiger partial charge in [-0.05, 0) is 12.0 Å². The first-order valence-corrected chi connectivity index (χ1v) is 5.05. The van der Waals surface area contributed by atoms with Crippen LogP contribution in [0.15, 0.2) is 18.5 Å². The van der Waals surface area contributed by atoms with Crippen LogP contribution in [0.4, 0.5) is 5.69 Å². The topological polar surface area (TPSA) is 71.5 Å². The number of carboxylic acid groups (broad SMARTS) is 1. The summed E-state index contributed by atoms with van der Waals surface area (Å²) in [4.78, 5) is 14.7. The minimum absolute atomic E-state index is 0.187. The molecule has 1 rings (SSSR count). The number of carboxylic acids is 1. The van der Waals surface area contributed by atoms with Crippen molar-refractivity contribution < 1.29 is 14.6 Å². The van der Waals surface area contributed by atoms with Crippen LogP contribution < -0.4 is 5.32 Å². The zero-order chi connectivity index (χ0) is 12.0. The van der Waals surface area contributed by atoms with Crippen LogP contribution in [0, 0.1) is 5.92 Å². The van der Waals surface area contributed by atoms with Crippen molar-refractivity contribution in [1.82, 2.24) is 4.98 Å². The molecule has 16 heavy (non-hydrogen) atoms. The first kappa shape index (κ1) is 12.4. The number of rotatable bonds is 6. The van der Waals surface area contributed by atoms with Gasteiger partial charge in [-0.3, -0.25) is 4.98 Å². The van der Waals surface area contributed by atoms with Gasteiger partial charge in [0.15, 0.2) is 0 Å². The molecule has 1 unspecified atom stereocenters. The van der Waals surface area contributed by atoms with E-state index < -0.39 is 5.97 Å². The normalized spacial score (nSPS) is 12.1. The van der Waals surface area contributed by atoms with E-state index in [1.807, 2.05) is 6.92 Å². The van der Waals surface area contributed by atoms with E-state index in [2.05, 4.69) is 10.3 Å². The molecule has 0 aliphatic heterocycles. The van der Waals surface area contributed by atoms with E-state index in [4.69, 9.17) is 9.84 Å². The third kappa shape index (κ3) is 3.51. The van der Waals surface area contributed by atoms with Crippen molar-refractivity contribution in [2.75, 3.05) is 25.6 Å². The Kier molecular flexibility index (Phi) is 4.72. The van der Waals surface area contributed by atoms with E-state index in [0.29, 0.717) is 24.8 Å². The maximum atomic E-state index is 10.9. The van der Waals surface area contributed by atoms with Gasteiger partial charge in [-0.25, -0.2) is 4.79 Å². The Hall–Kier alpha value is -1.62. The third-order valence-electron chi connectivity index (χ3n) is 2.14. The number of hydrogen-bond donors (Lipinski definition) is 2. The van der Waals surface area contributed by atoms with Crippen molar-refractivity contribution in [2.24, 2.45) is 5.92 Å². The molecule has 0 saturated carbocycles. The summed E-state index contributed by atoms with van der Waals surface area (Å²) < 4.78 is 5.00. The smallest absolute Gasteiger partial charge is 0.339 e. The molecule has 1 heterocycles. The number of pyridine rings is 1. The molecule has 5 nitrogen and oxygen atoms in total. The molecule has 0 aromatic carbocycles. The molecule has 5 heteroatoms. The number of anilines is 1. The van der Waals surface area contributed by atoms with Gasteiger partial charge < -0.3 is 15.2 Å². The molecule has 88 valence electrons. The molecule has 0 radical (unpaired) electrons. The van der Waals surface area contributed by atoms with Gasteiger partial charge in [-0.15, -0.1) is 0 Å². The summed E-state index contributed by atoms with van der Waals surface area (Å²) in [6.07, 6.45) is 2.90. The third-order valence-corrected chi connectivity index (χ3v) is 2.14. The van der Waals surface area contributed by atoms with E-state index in [1.165, 1.54) is 6.20 Å². The van der Waals surface area contributed by atoms with E-state index >= 15 is 0 Å². The molecule has 2 N–H and O–H groups in total. The van der Waals surface area contributed by atoms with Gasteiger partial charge in [-0.1, -0.05) is 6.92 Å². The Labute approximate surface area is 94.5 Å². The number of aromatic nitrogens is 1. The van der Waals surface area contributed by atoms with Gasteiger partial charge in [0.25, 0.3) is 0 Å². The Morgan fingerprint density at radius 2 is 2.44 bits per heavy atom. The number of aromatic carboxylic acids is 1. The highest BCUT2D eigenvalue weighted by molar-refractivity contribution is 5.93. The minimum atomic E-state index is -0.977. The highest BCUT2D eigenvalue weighted by atomic mass is 16.5. The summed E-state index contributed by atoms with van der Waals surface area (Å²) in [6, 6.07) is 1.66. The van der Waals surface area contributed by atoms with Gasteiger partial charge in [0.05, 0.1) is 12.3 Å². The van der Waals surface area contributed by atoms with E-state index in [0.717, 1.165) is 0 Å². The van der Waals surface area contributed by atoms with Crippen LogP contribution in [0.25, 0.3) is 0 Å². The van der Waals surface area contributed by atoms with Crippen molar-refractivity contribution in [3.05, 3.63) is 24.0 Å². The van der Waals surface area contributed by atoms with Gasteiger partial charge in [0.2, 0.25) is 0 Å². The van der Waals surface area contributed by atoms with Crippen molar-refractivity contribution >= 4 is 11.7 Å². The molecular formula is C11H16N2O3. The Bertz CT molecular complexity index is 355. The van der Waals surface area contributed by atoms with Crippen LogP contribution in [-0.2, 0) is 4.74 Å². The quantitative estimate of drug-likeness (QED) is 0.765. The second-order valence-electron chi connectivity index (χ2n) is 3.67. The maximum absolute atomic E-state index is 10.9. The average molecular weight is 224 g/mol. The Morgan fingerprint density at radius 1 is 1.69 bits per heavy atom. The first-order chi connectivity index (χ1) is 7.65. The SMILES string of the molecule is COCC(C)CNc1ccncc1C(=O)O.